The van der Waals surface area contributed by atoms with E-state index in [2.05, 4.69) is 22.3 Å². The van der Waals surface area contributed by atoms with Gasteiger partial charge in [-0.15, -0.1) is 0 Å². The van der Waals surface area contributed by atoms with E-state index in [1.807, 2.05) is 205 Å². The second kappa shape index (κ2) is 28.9. The molecule has 0 bridgehead atoms. The van der Waals surface area contributed by atoms with Crippen LogP contribution in [-0.2, 0) is 14.1 Å². The minimum atomic E-state index is -0.389. The van der Waals surface area contributed by atoms with Gasteiger partial charge in [-0.3, -0.25) is 19.0 Å². The summed E-state index contributed by atoms with van der Waals surface area (Å²) in [5.41, 5.74) is 6.79. The number of ketones is 2. The van der Waals surface area contributed by atoms with Crippen molar-refractivity contribution in [1.29, 1.82) is 10.5 Å². The molecule has 0 radical (unpaired) electrons. The maximum Gasteiger partial charge on any atom is 0.166 e. The Bertz CT molecular complexity index is 2010. The van der Waals surface area contributed by atoms with Crippen molar-refractivity contribution in [2.75, 3.05) is 0 Å². The van der Waals surface area contributed by atoms with Crippen LogP contribution in [0.5, 0.6) is 0 Å². The second-order valence-corrected chi connectivity index (χ2v) is 12.9. The van der Waals surface area contributed by atoms with Gasteiger partial charge in [-0.1, -0.05) is 177 Å². The SMILES string of the molecule is CC.CC.CC.CC.Cc1c(C(=O)C[C@@H](c2ccccc2)[C@@H](C#N)c2ccccc2)cnn1C.Cc1c(C(=O)C[C@H](c2ccccc2)[C@H](C#N)c2ccccc2)cnn1C. The van der Waals surface area contributed by atoms with E-state index in [1.54, 1.807) is 21.8 Å². The van der Waals surface area contributed by atoms with Crippen molar-refractivity contribution in [2.24, 2.45) is 14.1 Å². The molecule has 0 spiro atoms. The van der Waals surface area contributed by atoms with Gasteiger partial charge >= 0.3 is 0 Å². The number of hydrogen-bond acceptors (Lipinski definition) is 6. The molecule has 0 unspecified atom stereocenters. The van der Waals surface area contributed by atoms with Crippen molar-refractivity contribution < 1.29 is 9.59 Å². The summed E-state index contributed by atoms with van der Waals surface area (Å²) in [5.74, 6) is -1.17. The topological polar surface area (TPSA) is 117 Å². The molecule has 0 N–H and O–H groups in total. The molecular weight excluding hydrogens is 741 g/mol. The molecule has 0 saturated heterocycles. The molecule has 0 aliphatic heterocycles. The summed E-state index contributed by atoms with van der Waals surface area (Å²) < 4.78 is 3.40. The molecule has 0 fully saturated rings. The van der Waals surface area contributed by atoms with Crippen LogP contribution in [0.15, 0.2) is 134 Å². The van der Waals surface area contributed by atoms with Gasteiger partial charge < -0.3 is 0 Å². The largest absolute Gasteiger partial charge is 0.294 e. The lowest BCUT2D eigenvalue weighted by molar-refractivity contribution is 0.0963. The fraction of sp³-hybridized carbons (Fsp3) is 0.346. The highest BCUT2D eigenvalue weighted by molar-refractivity contribution is 5.98. The maximum absolute atomic E-state index is 13.0. The minimum absolute atomic E-state index is 0.0145. The standard InChI is InChI=1S/2C22H21N3O.4C2H6/c2*1-16-21(15-24-25(16)2)22(26)13-19(17-9-5-3-6-10-17)20(14-23)18-11-7-4-8-12-18;4*1-2/h2*3-12,15,19-20H,13H2,1-2H3;4*1-2H3/t2*19-,20-;;;;/m10..../s1. The molecule has 4 atom stereocenters. The van der Waals surface area contributed by atoms with Crippen LogP contribution in [0.2, 0.25) is 0 Å². The third-order valence-electron chi connectivity index (χ3n) is 9.74. The van der Waals surface area contributed by atoms with Gasteiger partial charge in [-0.05, 0) is 36.1 Å². The van der Waals surface area contributed by atoms with E-state index in [0.29, 0.717) is 11.1 Å². The summed E-state index contributed by atoms with van der Waals surface area (Å²) in [6.07, 6.45) is 3.76. The third-order valence-corrected chi connectivity index (χ3v) is 9.74. The summed E-state index contributed by atoms with van der Waals surface area (Å²) >= 11 is 0. The summed E-state index contributed by atoms with van der Waals surface area (Å²) in [7, 11) is 3.64. The van der Waals surface area contributed by atoms with E-state index in [9.17, 15) is 20.1 Å². The third kappa shape index (κ3) is 14.5. The number of benzene rings is 4. The van der Waals surface area contributed by atoms with Crippen LogP contribution in [0.1, 0.15) is 146 Å². The smallest absolute Gasteiger partial charge is 0.166 e. The Morgan fingerprint density at radius 3 is 0.950 bits per heavy atom. The first-order valence-electron chi connectivity index (χ1n) is 21.3. The van der Waals surface area contributed by atoms with Crippen LogP contribution in [0.4, 0.5) is 0 Å². The molecule has 8 nitrogen and oxygen atoms in total. The van der Waals surface area contributed by atoms with Crippen LogP contribution < -0.4 is 0 Å². The summed E-state index contributed by atoms with van der Waals surface area (Å²) in [6.45, 7) is 19.8. The first-order valence-corrected chi connectivity index (χ1v) is 21.3. The van der Waals surface area contributed by atoms with Crippen molar-refractivity contribution in [3.05, 3.63) is 178 Å². The highest BCUT2D eigenvalue weighted by atomic mass is 16.1. The van der Waals surface area contributed by atoms with Crippen LogP contribution in [0, 0.1) is 36.5 Å². The number of hydrogen-bond donors (Lipinski definition) is 0. The van der Waals surface area contributed by atoms with Gasteiger partial charge in [0.2, 0.25) is 0 Å². The van der Waals surface area contributed by atoms with Crippen LogP contribution in [-0.4, -0.2) is 31.1 Å². The Morgan fingerprint density at radius 1 is 0.483 bits per heavy atom. The number of nitrogens with zero attached hydrogens (tertiary/aromatic N) is 6. The molecule has 60 heavy (non-hydrogen) atoms. The van der Waals surface area contributed by atoms with Crippen molar-refractivity contribution in [3.8, 4) is 12.1 Å². The van der Waals surface area contributed by atoms with Crippen LogP contribution in [0.25, 0.3) is 0 Å². The fourth-order valence-electron chi connectivity index (χ4n) is 6.54. The number of aromatic nitrogens is 4. The average molecular weight is 807 g/mol. The molecule has 6 aromatic rings. The summed E-state index contributed by atoms with van der Waals surface area (Å²) in [5, 5.41) is 28.1. The van der Waals surface area contributed by atoms with E-state index in [4.69, 9.17) is 0 Å². The Hall–Kier alpha value is -6.38. The van der Waals surface area contributed by atoms with Gasteiger partial charge in [-0.25, -0.2) is 0 Å². The zero-order chi connectivity index (χ0) is 45.0. The molecule has 2 heterocycles. The lowest BCUT2D eigenvalue weighted by Gasteiger charge is -2.22. The summed E-state index contributed by atoms with van der Waals surface area (Å²) in [4.78, 5) is 25.9. The molecule has 8 heteroatoms. The fourth-order valence-corrected chi connectivity index (χ4v) is 6.54. The number of carbonyl (C=O) groups is 2. The van der Waals surface area contributed by atoms with E-state index in [1.165, 1.54) is 0 Å². The van der Waals surface area contributed by atoms with E-state index in [-0.39, 0.29) is 48.1 Å². The molecular formula is C52H66N6O2. The second-order valence-electron chi connectivity index (χ2n) is 12.9. The molecule has 0 saturated carbocycles. The van der Waals surface area contributed by atoms with Crippen LogP contribution in [0.3, 0.4) is 0 Å². The van der Waals surface area contributed by atoms with Gasteiger partial charge in [-0.2, -0.15) is 20.7 Å². The van der Waals surface area contributed by atoms with Gasteiger partial charge in [0.1, 0.15) is 0 Å². The Balaban J connectivity index is 0.000000515. The van der Waals surface area contributed by atoms with Gasteiger partial charge in [0.25, 0.3) is 0 Å². The molecule has 316 valence electrons. The number of aryl methyl sites for hydroxylation is 2. The lowest BCUT2D eigenvalue weighted by atomic mass is 9.78. The monoisotopic (exact) mass is 807 g/mol. The zero-order valence-electron chi connectivity index (χ0n) is 37.9. The predicted molar refractivity (Wildman–Crippen MR) is 247 cm³/mol. The Morgan fingerprint density at radius 2 is 0.733 bits per heavy atom. The van der Waals surface area contributed by atoms with Crippen molar-refractivity contribution in [3.63, 3.8) is 0 Å². The van der Waals surface area contributed by atoms with Gasteiger partial charge in [0.05, 0.1) is 47.5 Å². The quantitative estimate of drug-likeness (QED) is 0.114. The normalized spacial score (nSPS) is 11.6. The molecule has 2 aromatic heterocycles. The van der Waals surface area contributed by atoms with Gasteiger partial charge in [0.15, 0.2) is 11.6 Å². The maximum atomic E-state index is 13.0. The Labute approximate surface area is 360 Å². The first kappa shape index (κ1) is 51.6. The minimum Gasteiger partial charge on any atom is -0.294 e. The predicted octanol–water partition coefficient (Wildman–Crippen LogP) is 12.9. The molecule has 0 amide bonds. The Kier molecular flexibility index (Phi) is 24.9. The number of nitriles is 2. The number of rotatable bonds is 12. The highest BCUT2D eigenvalue weighted by Gasteiger charge is 2.30. The molecule has 6 rings (SSSR count). The van der Waals surface area contributed by atoms with Crippen molar-refractivity contribution >= 4 is 11.6 Å². The highest BCUT2D eigenvalue weighted by Crippen LogP contribution is 2.38. The van der Waals surface area contributed by atoms with Crippen LogP contribution >= 0.6 is 0 Å². The number of carbonyl (C=O) groups excluding carboxylic acids is 2. The van der Waals surface area contributed by atoms with E-state index in [0.717, 1.165) is 33.6 Å². The zero-order valence-corrected chi connectivity index (χ0v) is 37.9. The van der Waals surface area contributed by atoms with Crippen molar-refractivity contribution in [1.82, 2.24) is 19.6 Å². The van der Waals surface area contributed by atoms with Crippen molar-refractivity contribution in [2.45, 2.75) is 106 Å². The summed E-state index contributed by atoms with van der Waals surface area (Å²) in [6, 6.07) is 43.8. The average Bonchev–Trinajstić information content (AvgIpc) is 3.85. The molecule has 4 aromatic carbocycles. The first-order chi connectivity index (χ1) is 29.2. The lowest BCUT2D eigenvalue weighted by Crippen LogP contribution is -2.15. The van der Waals surface area contributed by atoms with Gasteiger partial charge in [0, 0.05) is 50.2 Å². The van der Waals surface area contributed by atoms with E-state index < -0.39 is 0 Å². The molecule has 0 aliphatic carbocycles. The molecule has 0 aliphatic rings. The number of Topliss-reactive ketones (excluding diaryl/α,β-unsaturated/α-hetero) is 2. The van der Waals surface area contributed by atoms with E-state index >= 15 is 0 Å².